The Hall–Kier alpha value is -2.64. The molecule has 0 aliphatic carbocycles. The molecular formula is C24H15Br. The Morgan fingerprint density at radius 2 is 0.960 bits per heavy atom. The average molecular weight is 383 g/mol. The van der Waals surface area contributed by atoms with E-state index in [0.717, 1.165) is 4.47 Å². The van der Waals surface area contributed by atoms with Crippen molar-refractivity contribution in [3.8, 4) is 11.1 Å². The molecule has 0 spiro atoms. The molecule has 5 aromatic rings. The Morgan fingerprint density at radius 3 is 1.68 bits per heavy atom. The lowest BCUT2D eigenvalue weighted by molar-refractivity contribution is 1.65. The van der Waals surface area contributed by atoms with Crippen LogP contribution in [0.3, 0.4) is 0 Å². The molecule has 5 aromatic carbocycles. The van der Waals surface area contributed by atoms with E-state index in [4.69, 9.17) is 0 Å². The lowest BCUT2D eigenvalue weighted by Gasteiger charge is -2.12. The van der Waals surface area contributed by atoms with E-state index in [9.17, 15) is 0 Å². The number of fused-ring (bicyclic) bond motifs is 6. The molecule has 1 heteroatoms. The summed E-state index contributed by atoms with van der Waals surface area (Å²) in [7, 11) is 0. The Morgan fingerprint density at radius 1 is 0.400 bits per heavy atom. The van der Waals surface area contributed by atoms with Gasteiger partial charge < -0.3 is 0 Å². The molecule has 0 saturated carbocycles. The molecule has 0 aliphatic heterocycles. The number of halogens is 1. The highest BCUT2D eigenvalue weighted by atomic mass is 79.9. The zero-order valence-corrected chi connectivity index (χ0v) is 15.1. The van der Waals surface area contributed by atoms with Gasteiger partial charge in [0.05, 0.1) is 0 Å². The average Bonchev–Trinajstić information content (AvgIpc) is 2.68. The highest BCUT2D eigenvalue weighted by molar-refractivity contribution is 9.10. The summed E-state index contributed by atoms with van der Waals surface area (Å²) in [5.74, 6) is 0. The second-order valence-electron chi connectivity index (χ2n) is 6.36. The van der Waals surface area contributed by atoms with Gasteiger partial charge >= 0.3 is 0 Å². The molecule has 0 atom stereocenters. The third-order valence-electron chi connectivity index (χ3n) is 4.91. The molecule has 118 valence electrons. The van der Waals surface area contributed by atoms with Crippen LogP contribution in [0.25, 0.3) is 43.4 Å². The van der Waals surface area contributed by atoms with Gasteiger partial charge in [0.25, 0.3) is 0 Å². The van der Waals surface area contributed by atoms with E-state index in [1.807, 2.05) is 0 Å². The summed E-state index contributed by atoms with van der Waals surface area (Å²) < 4.78 is 1.12. The second-order valence-corrected chi connectivity index (χ2v) is 7.28. The van der Waals surface area contributed by atoms with Crippen LogP contribution in [0.4, 0.5) is 0 Å². The van der Waals surface area contributed by atoms with E-state index in [0.29, 0.717) is 0 Å². The van der Waals surface area contributed by atoms with Crippen molar-refractivity contribution in [3.05, 3.63) is 95.5 Å². The largest absolute Gasteiger partial charge is 0.0622 e. The predicted molar refractivity (Wildman–Crippen MR) is 112 cm³/mol. The van der Waals surface area contributed by atoms with Gasteiger partial charge in [-0.2, -0.15) is 0 Å². The van der Waals surface area contributed by atoms with Crippen LogP contribution in [0, 0.1) is 0 Å². The molecule has 25 heavy (non-hydrogen) atoms. The molecule has 0 heterocycles. The van der Waals surface area contributed by atoms with Crippen molar-refractivity contribution in [2.45, 2.75) is 0 Å². The molecule has 0 nitrogen and oxygen atoms in total. The molecule has 0 bridgehead atoms. The smallest absolute Gasteiger partial charge is 0.0181 e. The molecule has 0 N–H and O–H groups in total. The minimum atomic E-state index is 1.12. The summed E-state index contributed by atoms with van der Waals surface area (Å²) in [6, 6.07) is 32.7. The number of benzene rings is 5. The first-order chi connectivity index (χ1) is 12.3. The van der Waals surface area contributed by atoms with Crippen molar-refractivity contribution in [1.29, 1.82) is 0 Å². The molecule has 0 radical (unpaired) electrons. The van der Waals surface area contributed by atoms with Crippen LogP contribution in [0.15, 0.2) is 95.5 Å². The van der Waals surface area contributed by atoms with Crippen molar-refractivity contribution in [1.82, 2.24) is 0 Å². The quantitative estimate of drug-likeness (QED) is 0.262. The SMILES string of the molecule is Brc1ccc2c3ccc(-c4ccccc4)cc3c3ccccc3c2c1. The van der Waals surface area contributed by atoms with Gasteiger partial charge in [0.15, 0.2) is 0 Å². The van der Waals surface area contributed by atoms with Gasteiger partial charge in [-0.25, -0.2) is 0 Å². The third-order valence-corrected chi connectivity index (χ3v) is 5.40. The van der Waals surface area contributed by atoms with Crippen molar-refractivity contribution in [2.75, 3.05) is 0 Å². The first-order valence-corrected chi connectivity index (χ1v) is 9.20. The van der Waals surface area contributed by atoms with E-state index in [-0.39, 0.29) is 0 Å². The lowest BCUT2D eigenvalue weighted by Crippen LogP contribution is -1.85. The minimum absolute atomic E-state index is 1.12. The van der Waals surface area contributed by atoms with Gasteiger partial charge in [-0.3, -0.25) is 0 Å². The normalized spacial score (nSPS) is 11.4. The van der Waals surface area contributed by atoms with Crippen LogP contribution < -0.4 is 0 Å². The second kappa shape index (κ2) is 5.72. The maximum absolute atomic E-state index is 3.62. The third kappa shape index (κ3) is 2.35. The van der Waals surface area contributed by atoms with Gasteiger partial charge in [0, 0.05) is 4.47 Å². The first-order valence-electron chi connectivity index (χ1n) is 8.40. The molecule has 0 amide bonds. The van der Waals surface area contributed by atoms with E-state index in [1.54, 1.807) is 0 Å². The highest BCUT2D eigenvalue weighted by Gasteiger charge is 2.09. The molecule has 0 unspecified atom stereocenters. The topological polar surface area (TPSA) is 0 Å². The van der Waals surface area contributed by atoms with Crippen molar-refractivity contribution >= 4 is 48.2 Å². The standard InChI is InChI=1S/C24H15Br/c25-18-11-13-22-21-12-10-17(16-6-2-1-3-7-16)14-23(21)19-8-4-5-9-20(19)24(22)15-18/h1-15H. The van der Waals surface area contributed by atoms with Crippen LogP contribution in [0.1, 0.15) is 0 Å². The summed E-state index contributed by atoms with van der Waals surface area (Å²) in [6.07, 6.45) is 0. The zero-order chi connectivity index (χ0) is 16.8. The Kier molecular flexibility index (Phi) is 3.36. The zero-order valence-electron chi connectivity index (χ0n) is 13.5. The fourth-order valence-electron chi connectivity index (χ4n) is 3.74. The maximum atomic E-state index is 3.62. The van der Waals surface area contributed by atoms with Crippen LogP contribution in [-0.4, -0.2) is 0 Å². The predicted octanol–water partition coefficient (Wildman–Crippen LogP) is 7.58. The highest BCUT2D eigenvalue weighted by Crippen LogP contribution is 2.37. The first kappa shape index (κ1) is 14.7. The van der Waals surface area contributed by atoms with E-state index >= 15 is 0 Å². The van der Waals surface area contributed by atoms with Crippen LogP contribution >= 0.6 is 15.9 Å². The number of hydrogen-bond donors (Lipinski definition) is 0. The molecule has 0 saturated heterocycles. The molecule has 0 fully saturated rings. The van der Waals surface area contributed by atoms with Crippen molar-refractivity contribution in [2.24, 2.45) is 0 Å². The van der Waals surface area contributed by atoms with Crippen molar-refractivity contribution < 1.29 is 0 Å². The lowest BCUT2D eigenvalue weighted by atomic mass is 9.92. The summed E-state index contributed by atoms with van der Waals surface area (Å²) in [5, 5.41) is 7.83. The fourth-order valence-corrected chi connectivity index (χ4v) is 4.10. The molecular weight excluding hydrogens is 368 g/mol. The van der Waals surface area contributed by atoms with Crippen LogP contribution in [0.5, 0.6) is 0 Å². The Bertz CT molecular complexity index is 1220. The van der Waals surface area contributed by atoms with Gasteiger partial charge in [0.1, 0.15) is 0 Å². The monoisotopic (exact) mass is 382 g/mol. The number of hydrogen-bond acceptors (Lipinski definition) is 0. The Balaban J connectivity index is 1.96. The number of rotatable bonds is 1. The maximum Gasteiger partial charge on any atom is 0.0181 e. The summed E-state index contributed by atoms with van der Waals surface area (Å²) >= 11 is 3.62. The molecule has 0 aromatic heterocycles. The van der Waals surface area contributed by atoms with Crippen LogP contribution in [-0.2, 0) is 0 Å². The Labute approximate surface area is 154 Å². The van der Waals surface area contributed by atoms with Gasteiger partial charge in [-0.15, -0.1) is 0 Å². The van der Waals surface area contributed by atoms with E-state index in [1.165, 1.54) is 43.4 Å². The fraction of sp³-hybridized carbons (Fsp3) is 0. The summed E-state index contributed by atoms with van der Waals surface area (Å²) in [6.45, 7) is 0. The molecule has 0 aliphatic rings. The summed E-state index contributed by atoms with van der Waals surface area (Å²) in [4.78, 5) is 0. The van der Waals surface area contributed by atoms with Gasteiger partial charge in [0.2, 0.25) is 0 Å². The van der Waals surface area contributed by atoms with Gasteiger partial charge in [-0.05, 0) is 61.6 Å². The van der Waals surface area contributed by atoms with Crippen molar-refractivity contribution in [3.63, 3.8) is 0 Å². The van der Waals surface area contributed by atoms with E-state index < -0.39 is 0 Å². The van der Waals surface area contributed by atoms with E-state index in [2.05, 4.69) is 107 Å². The molecule has 5 rings (SSSR count). The summed E-state index contributed by atoms with van der Waals surface area (Å²) in [5.41, 5.74) is 2.51. The minimum Gasteiger partial charge on any atom is -0.0622 e. The van der Waals surface area contributed by atoms with Crippen LogP contribution in [0.2, 0.25) is 0 Å². The van der Waals surface area contributed by atoms with Gasteiger partial charge in [-0.1, -0.05) is 88.7 Å².